The van der Waals surface area contributed by atoms with Gasteiger partial charge in [0.15, 0.2) is 0 Å². The SMILES string of the molecule is CCC(NCc1ccc(C#N)cc1)C1CC1. The summed E-state index contributed by atoms with van der Waals surface area (Å²) in [7, 11) is 0. The van der Waals surface area contributed by atoms with Crippen LogP contribution < -0.4 is 5.32 Å². The molecule has 0 bridgehead atoms. The second kappa shape index (κ2) is 5.14. The van der Waals surface area contributed by atoms with Crippen molar-refractivity contribution in [1.82, 2.24) is 5.32 Å². The Labute approximate surface area is 97.3 Å². The molecule has 0 aliphatic heterocycles. The zero-order chi connectivity index (χ0) is 11.4. The van der Waals surface area contributed by atoms with Gasteiger partial charge in [0.2, 0.25) is 0 Å². The average Bonchev–Trinajstić information content (AvgIpc) is 3.15. The van der Waals surface area contributed by atoms with Crippen molar-refractivity contribution < 1.29 is 0 Å². The van der Waals surface area contributed by atoms with Crippen LogP contribution in [0.2, 0.25) is 0 Å². The van der Waals surface area contributed by atoms with Crippen LogP contribution in [0.4, 0.5) is 0 Å². The molecule has 1 fully saturated rings. The first-order valence-electron chi connectivity index (χ1n) is 6.06. The third-order valence-corrected chi connectivity index (χ3v) is 3.28. The van der Waals surface area contributed by atoms with E-state index in [4.69, 9.17) is 5.26 Å². The normalized spacial score (nSPS) is 16.8. The third-order valence-electron chi connectivity index (χ3n) is 3.28. The highest BCUT2D eigenvalue weighted by Crippen LogP contribution is 2.33. The molecule has 1 aromatic carbocycles. The predicted octanol–water partition coefficient (Wildman–Crippen LogP) is 2.84. The highest BCUT2D eigenvalue weighted by Gasteiger charge is 2.29. The number of rotatable bonds is 5. The van der Waals surface area contributed by atoms with Crippen LogP contribution in [0.1, 0.15) is 37.3 Å². The lowest BCUT2D eigenvalue weighted by atomic mass is 10.1. The molecule has 2 nitrogen and oxygen atoms in total. The van der Waals surface area contributed by atoms with Crippen molar-refractivity contribution >= 4 is 0 Å². The van der Waals surface area contributed by atoms with Crippen molar-refractivity contribution in [3.8, 4) is 6.07 Å². The van der Waals surface area contributed by atoms with Crippen molar-refractivity contribution in [3.05, 3.63) is 35.4 Å². The average molecular weight is 214 g/mol. The van der Waals surface area contributed by atoms with Crippen LogP contribution in [0.15, 0.2) is 24.3 Å². The third kappa shape index (κ3) is 2.84. The Hall–Kier alpha value is -1.33. The molecule has 2 rings (SSSR count). The summed E-state index contributed by atoms with van der Waals surface area (Å²) in [5, 5.41) is 12.3. The van der Waals surface area contributed by atoms with Gasteiger partial charge in [0.25, 0.3) is 0 Å². The van der Waals surface area contributed by atoms with Crippen LogP contribution in [0.3, 0.4) is 0 Å². The summed E-state index contributed by atoms with van der Waals surface area (Å²) in [6, 6.07) is 10.6. The van der Waals surface area contributed by atoms with Crippen molar-refractivity contribution in [3.63, 3.8) is 0 Å². The molecule has 0 spiro atoms. The molecule has 2 heteroatoms. The molecule has 1 unspecified atom stereocenters. The molecule has 0 aromatic heterocycles. The Morgan fingerprint density at radius 2 is 2.06 bits per heavy atom. The quantitative estimate of drug-likeness (QED) is 0.818. The number of hydrogen-bond acceptors (Lipinski definition) is 2. The predicted molar refractivity (Wildman–Crippen MR) is 64.8 cm³/mol. The molecule has 84 valence electrons. The monoisotopic (exact) mass is 214 g/mol. The maximum absolute atomic E-state index is 8.70. The van der Waals surface area contributed by atoms with Gasteiger partial charge in [-0.15, -0.1) is 0 Å². The number of benzene rings is 1. The van der Waals surface area contributed by atoms with Gasteiger partial charge < -0.3 is 5.32 Å². The van der Waals surface area contributed by atoms with E-state index in [9.17, 15) is 0 Å². The Morgan fingerprint density at radius 1 is 1.38 bits per heavy atom. The summed E-state index contributed by atoms with van der Waals surface area (Å²) in [6.07, 6.45) is 3.98. The molecule has 1 aromatic rings. The van der Waals surface area contributed by atoms with Gasteiger partial charge in [-0.05, 0) is 42.9 Å². The summed E-state index contributed by atoms with van der Waals surface area (Å²) in [6.45, 7) is 3.16. The van der Waals surface area contributed by atoms with E-state index in [1.807, 2.05) is 24.3 Å². The molecule has 0 heterocycles. The van der Waals surface area contributed by atoms with E-state index < -0.39 is 0 Å². The molecule has 0 saturated heterocycles. The zero-order valence-electron chi connectivity index (χ0n) is 9.74. The van der Waals surface area contributed by atoms with Crippen LogP contribution in [-0.2, 0) is 6.54 Å². The second-order valence-corrected chi connectivity index (χ2v) is 4.54. The molecule has 1 aliphatic carbocycles. The molecule has 1 atom stereocenters. The van der Waals surface area contributed by atoms with Crippen LogP contribution in [0.5, 0.6) is 0 Å². The molecule has 0 radical (unpaired) electrons. The lowest BCUT2D eigenvalue weighted by molar-refractivity contribution is 0.449. The number of nitriles is 1. The number of hydrogen-bond donors (Lipinski definition) is 1. The number of nitrogens with one attached hydrogen (secondary N) is 1. The fraction of sp³-hybridized carbons (Fsp3) is 0.500. The maximum atomic E-state index is 8.70. The van der Waals surface area contributed by atoms with E-state index in [1.165, 1.54) is 24.8 Å². The molecule has 16 heavy (non-hydrogen) atoms. The smallest absolute Gasteiger partial charge is 0.0991 e. The standard InChI is InChI=1S/C14H18N2/c1-2-14(13-7-8-13)16-10-12-5-3-11(9-15)4-6-12/h3-6,13-14,16H,2,7-8,10H2,1H3. The minimum atomic E-state index is 0.677. The van der Waals surface area contributed by atoms with Crippen LogP contribution in [0, 0.1) is 17.2 Å². The van der Waals surface area contributed by atoms with Gasteiger partial charge in [-0.2, -0.15) is 5.26 Å². The fourth-order valence-corrected chi connectivity index (χ4v) is 2.09. The van der Waals surface area contributed by atoms with Crippen LogP contribution in [-0.4, -0.2) is 6.04 Å². The van der Waals surface area contributed by atoms with E-state index in [2.05, 4.69) is 18.3 Å². The molecule has 0 amide bonds. The van der Waals surface area contributed by atoms with Gasteiger partial charge in [-0.1, -0.05) is 19.1 Å². The van der Waals surface area contributed by atoms with Crippen molar-refractivity contribution in [2.45, 2.75) is 38.8 Å². The van der Waals surface area contributed by atoms with E-state index in [0.717, 1.165) is 18.0 Å². The van der Waals surface area contributed by atoms with E-state index in [0.29, 0.717) is 6.04 Å². The van der Waals surface area contributed by atoms with Crippen molar-refractivity contribution in [2.75, 3.05) is 0 Å². The second-order valence-electron chi connectivity index (χ2n) is 4.54. The summed E-state index contributed by atoms with van der Waals surface area (Å²) in [5.41, 5.74) is 2.00. The Kier molecular flexibility index (Phi) is 3.58. The lowest BCUT2D eigenvalue weighted by Crippen LogP contribution is -2.29. The van der Waals surface area contributed by atoms with Gasteiger partial charge in [0.05, 0.1) is 11.6 Å². The molecular formula is C14H18N2. The summed E-state index contributed by atoms with van der Waals surface area (Å²) in [5.74, 6) is 0.906. The first-order chi connectivity index (χ1) is 7.83. The van der Waals surface area contributed by atoms with Gasteiger partial charge in [-0.25, -0.2) is 0 Å². The highest BCUT2D eigenvalue weighted by molar-refractivity contribution is 5.31. The van der Waals surface area contributed by atoms with Crippen molar-refractivity contribution in [1.29, 1.82) is 5.26 Å². The summed E-state index contributed by atoms with van der Waals surface area (Å²) >= 11 is 0. The lowest BCUT2D eigenvalue weighted by Gasteiger charge is -2.16. The van der Waals surface area contributed by atoms with Gasteiger partial charge in [-0.3, -0.25) is 0 Å². The first kappa shape index (κ1) is 11.2. The minimum absolute atomic E-state index is 0.677. The molecule has 1 N–H and O–H groups in total. The molecule has 1 saturated carbocycles. The van der Waals surface area contributed by atoms with Gasteiger partial charge >= 0.3 is 0 Å². The van der Waals surface area contributed by atoms with Crippen LogP contribution >= 0.6 is 0 Å². The van der Waals surface area contributed by atoms with Crippen molar-refractivity contribution in [2.24, 2.45) is 5.92 Å². The molecule has 1 aliphatic rings. The summed E-state index contributed by atoms with van der Waals surface area (Å²) in [4.78, 5) is 0. The van der Waals surface area contributed by atoms with Crippen LogP contribution in [0.25, 0.3) is 0 Å². The van der Waals surface area contributed by atoms with E-state index in [1.54, 1.807) is 0 Å². The largest absolute Gasteiger partial charge is 0.310 e. The van der Waals surface area contributed by atoms with E-state index >= 15 is 0 Å². The summed E-state index contributed by atoms with van der Waals surface area (Å²) < 4.78 is 0. The minimum Gasteiger partial charge on any atom is -0.310 e. The fourth-order valence-electron chi connectivity index (χ4n) is 2.09. The first-order valence-corrected chi connectivity index (χ1v) is 6.06. The zero-order valence-corrected chi connectivity index (χ0v) is 9.74. The molecular weight excluding hydrogens is 196 g/mol. The number of nitrogens with zero attached hydrogens (tertiary/aromatic N) is 1. The maximum Gasteiger partial charge on any atom is 0.0991 e. The van der Waals surface area contributed by atoms with Gasteiger partial charge in [0, 0.05) is 12.6 Å². The Morgan fingerprint density at radius 3 is 2.56 bits per heavy atom. The van der Waals surface area contributed by atoms with E-state index in [-0.39, 0.29) is 0 Å². The topological polar surface area (TPSA) is 35.8 Å². The Bertz CT molecular complexity index is 371. The Balaban J connectivity index is 1.86. The van der Waals surface area contributed by atoms with Gasteiger partial charge in [0.1, 0.15) is 0 Å². The highest BCUT2D eigenvalue weighted by atomic mass is 14.9.